The van der Waals surface area contributed by atoms with Crippen LogP contribution in [-0.2, 0) is 0 Å². The number of carbonyl (C=O) groups excluding carboxylic acids is 1. The van der Waals surface area contributed by atoms with Gasteiger partial charge in [0.25, 0.3) is 5.91 Å². The number of amides is 1. The maximum absolute atomic E-state index is 12.0. The van der Waals surface area contributed by atoms with Crippen LogP contribution in [0, 0.1) is 13.8 Å². The van der Waals surface area contributed by atoms with Gasteiger partial charge < -0.3 is 16.2 Å². The van der Waals surface area contributed by atoms with E-state index in [4.69, 9.17) is 10.8 Å². The van der Waals surface area contributed by atoms with E-state index in [0.717, 1.165) is 11.1 Å². The van der Waals surface area contributed by atoms with Gasteiger partial charge in [0.15, 0.2) is 0 Å². The number of nitrogens with two attached hydrogens (primary N) is 1. The molecule has 17 heavy (non-hydrogen) atoms. The van der Waals surface area contributed by atoms with E-state index in [1.54, 1.807) is 6.07 Å². The first-order valence-electron chi connectivity index (χ1n) is 5.78. The number of rotatable bonds is 4. The molecule has 0 saturated heterocycles. The summed E-state index contributed by atoms with van der Waals surface area (Å²) in [5.41, 5.74) is 8.83. The quantitative estimate of drug-likeness (QED) is 0.691. The van der Waals surface area contributed by atoms with Gasteiger partial charge in [-0.25, -0.2) is 0 Å². The van der Waals surface area contributed by atoms with Gasteiger partial charge in [-0.2, -0.15) is 0 Å². The lowest BCUT2D eigenvalue weighted by atomic mass is 10.0. The summed E-state index contributed by atoms with van der Waals surface area (Å²) in [5.74, 6) is -0.185. The molecule has 0 aliphatic rings. The van der Waals surface area contributed by atoms with Crippen molar-refractivity contribution in [2.75, 3.05) is 12.3 Å². The van der Waals surface area contributed by atoms with Gasteiger partial charge in [0.05, 0.1) is 12.6 Å². The highest BCUT2D eigenvalue weighted by molar-refractivity contribution is 5.96. The third-order valence-corrected chi connectivity index (χ3v) is 2.91. The molecule has 1 rings (SSSR count). The third-order valence-electron chi connectivity index (χ3n) is 2.91. The van der Waals surface area contributed by atoms with Gasteiger partial charge in [-0.3, -0.25) is 4.79 Å². The fourth-order valence-electron chi connectivity index (χ4n) is 1.65. The standard InChI is InChI=1S/C13H20N2O2/c1-4-10(7-16)15-13(17)11-6-12(14)9(3)5-8(11)2/h5-6,10,16H,4,7,14H2,1-3H3,(H,15,17)/t10-/m1/s1. The number of aliphatic hydroxyl groups is 1. The van der Waals surface area contributed by atoms with Crippen LogP contribution in [0.4, 0.5) is 5.69 Å². The van der Waals surface area contributed by atoms with Crippen molar-refractivity contribution in [1.29, 1.82) is 0 Å². The molecule has 0 aliphatic heterocycles. The van der Waals surface area contributed by atoms with Gasteiger partial charge in [0, 0.05) is 11.3 Å². The predicted molar refractivity (Wildman–Crippen MR) is 69.0 cm³/mol. The molecule has 1 atom stereocenters. The normalized spacial score (nSPS) is 12.2. The number of aliphatic hydroxyl groups excluding tert-OH is 1. The van der Waals surface area contributed by atoms with Crippen LogP contribution in [0.3, 0.4) is 0 Å². The van der Waals surface area contributed by atoms with Gasteiger partial charge in [0.2, 0.25) is 0 Å². The maximum Gasteiger partial charge on any atom is 0.251 e. The van der Waals surface area contributed by atoms with Crippen LogP contribution in [0.15, 0.2) is 12.1 Å². The van der Waals surface area contributed by atoms with E-state index in [-0.39, 0.29) is 18.6 Å². The second-order valence-electron chi connectivity index (χ2n) is 4.28. The van der Waals surface area contributed by atoms with Crippen molar-refractivity contribution in [3.63, 3.8) is 0 Å². The van der Waals surface area contributed by atoms with E-state index in [9.17, 15) is 4.79 Å². The largest absolute Gasteiger partial charge is 0.398 e. The molecule has 0 bridgehead atoms. The van der Waals surface area contributed by atoms with Crippen molar-refractivity contribution in [2.24, 2.45) is 0 Å². The Morgan fingerprint density at radius 3 is 2.59 bits per heavy atom. The molecule has 4 N–H and O–H groups in total. The summed E-state index contributed by atoms with van der Waals surface area (Å²) in [4.78, 5) is 12.0. The Balaban J connectivity index is 2.93. The van der Waals surface area contributed by atoms with E-state index < -0.39 is 0 Å². The smallest absolute Gasteiger partial charge is 0.251 e. The second kappa shape index (κ2) is 5.68. The van der Waals surface area contributed by atoms with Crippen molar-refractivity contribution in [3.8, 4) is 0 Å². The first-order valence-corrected chi connectivity index (χ1v) is 5.78. The molecule has 1 aromatic rings. The third kappa shape index (κ3) is 3.20. The molecule has 0 aromatic heterocycles. The zero-order valence-electron chi connectivity index (χ0n) is 10.6. The summed E-state index contributed by atoms with van der Waals surface area (Å²) in [6, 6.07) is 3.37. The Kier molecular flexibility index (Phi) is 4.52. The van der Waals surface area contributed by atoms with Crippen molar-refractivity contribution >= 4 is 11.6 Å². The lowest BCUT2D eigenvalue weighted by molar-refractivity contribution is 0.0914. The Hall–Kier alpha value is -1.55. The molecular weight excluding hydrogens is 216 g/mol. The van der Waals surface area contributed by atoms with Crippen LogP contribution < -0.4 is 11.1 Å². The fraction of sp³-hybridized carbons (Fsp3) is 0.462. The minimum atomic E-state index is -0.204. The molecule has 0 fully saturated rings. The lowest BCUT2D eigenvalue weighted by Crippen LogP contribution is -2.37. The highest BCUT2D eigenvalue weighted by atomic mass is 16.3. The van der Waals surface area contributed by atoms with Gasteiger partial charge in [-0.15, -0.1) is 0 Å². The average molecular weight is 236 g/mol. The number of aryl methyl sites for hydroxylation is 2. The molecule has 0 unspecified atom stereocenters. The first kappa shape index (κ1) is 13.5. The van der Waals surface area contributed by atoms with E-state index in [0.29, 0.717) is 17.7 Å². The van der Waals surface area contributed by atoms with Crippen LogP contribution >= 0.6 is 0 Å². The molecule has 4 nitrogen and oxygen atoms in total. The van der Waals surface area contributed by atoms with Gasteiger partial charge in [-0.05, 0) is 37.5 Å². The van der Waals surface area contributed by atoms with Crippen molar-refractivity contribution < 1.29 is 9.90 Å². The molecule has 0 spiro atoms. The SMILES string of the molecule is CC[C@H](CO)NC(=O)c1cc(N)c(C)cc1C. The monoisotopic (exact) mass is 236 g/mol. The Morgan fingerprint density at radius 2 is 2.06 bits per heavy atom. The molecule has 0 aliphatic carbocycles. The summed E-state index contributed by atoms with van der Waals surface area (Å²) in [5, 5.41) is 11.8. The number of carbonyl (C=O) groups is 1. The van der Waals surface area contributed by atoms with Gasteiger partial charge in [-0.1, -0.05) is 13.0 Å². The second-order valence-corrected chi connectivity index (χ2v) is 4.28. The number of nitrogens with one attached hydrogen (secondary N) is 1. The number of hydrogen-bond acceptors (Lipinski definition) is 3. The van der Waals surface area contributed by atoms with Crippen molar-refractivity contribution in [2.45, 2.75) is 33.2 Å². The zero-order chi connectivity index (χ0) is 13.0. The molecule has 0 radical (unpaired) electrons. The van der Waals surface area contributed by atoms with Crippen LogP contribution in [-0.4, -0.2) is 23.7 Å². The average Bonchev–Trinajstić information content (AvgIpc) is 2.30. The summed E-state index contributed by atoms with van der Waals surface area (Å²) < 4.78 is 0. The van der Waals surface area contributed by atoms with Gasteiger partial charge in [0.1, 0.15) is 0 Å². The van der Waals surface area contributed by atoms with Crippen LogP contribution in [0.1, 0.15) is 34.8 Å². The van der Waals surface area contributed by atoms with Crippen LogP contribution in [0.2, 0.25) is 0 Å². The summed E-state index contributed by atoms with van der Waals surface area (Å²) in [6.07, 6.45) is 0.697. The Labute approximate surface area is 102 Å². The predicted octanol–water partition coefficient (Wildman–Crippen LogP) is 1.39. The highest BCUT2D eigenvalue weighted by Crippen LogP contribution is 2.17. The lowest BCUT2D eigenvalue weighted by Gasteiger charge is -2.16. The molecule has 1 amide bonds. The molecule has 0 saturated carbocycles. The van der Waals surface area contributed by atoms with Crippen molar-refractivity contribution in [3.05, 3.63) is 28.8 Å². The zero-order valence-corrected chi connectivity index (χ0v) is 10.6. The molecule has 0 heterocycles. The van der Waals surface area contributed by atoms with E-state index in [1.807, 2.05) is 26.8 Å². The molecule has 4 heteroatoms. The van der Waals surface area contributed by atoms with Crippen LogP contribution in [0.5, 0.6) is 0 Å². The van der Waals surface area contributed by atoms with E-state index in [2.05, 4.69) is 5.32 Å². The highest BCUT2D eigenvalue weighted by Gasteiger charge is 2.14. The number of nitrogen functional groups attached to an aromatic ring is 1. The Bertz CT molecular complexity index is 412. The topological polar surface area (TPSA) is 75.3 Å². The first-order chi connectivity index (χ1) is 7.99. The summed E-state index contributed by atoms with van der Waals surface area (Å²) in [7, 11) is 0. The number of benzene rings is 1. The molecule has 1 aromatic carbocycles. The number of anilines is 1. The summed E-state index contributed by atoms with van der Waals surface area (Å²) >= 11 is 0. The fourth-order valence-corrected chi connectivity index (χ4v) is 1.65. The van der Waals surface area contributed by atoms with Gasteiger partial charge >= 0.3 is 0 Å². The minimum Gasteiger partial charge on any atom is -0.398 e. The minimum absolute atomic E-state index is 0.0529. The number of hydrogen-bond donors (Lipinski definition) is 3. The molecular formula is C13H20N2O2. The molecule has 94 valence electrons. The Morgan fingerprint density at radius 1 is 1.41 bits per heavy atom. The maximum atomic E-state index is 12.0. The van der Waals surface area contributed by atoms with E-state index in [1.165, 1.54) is 0 Å². The summed E-state index contributed by atoms with van der Waals surface area (Å²) in [6.45, 7) is 5.65. The van der Waals surface area contributed by atoms with Crippen molar-refractivity contribution in [1.82, 2.24) is 5.32 Å². The van der Waals surface area contributed by atoms with Crippen LogP contribution in [0.25, 0.3) is 0 Å². The van der Waals surface area contributed by atoms with E-state index >= 15 is 0 Å².